The summed E-state index contributed by atoms with van der Waals surface area (Å²) >= 11 is 1.75. The van der Waals surface area contributed by atoms with Gasteiger partial charge in [-0.1, -0.05) is 18.2 Å². The summed E-state index contributed by atoms with van der Waals surface area (Å²) in [5.41, 5.74) is 1.31. The van der Waals surface area contributed by atoms with Crippen LogP contribution in [-0.4, -0.2) is 24.4 Å². The fourth-order valence-electron chi connectivity index (χ4n) is 2.63. The first kappa shape index (κ1) is 20.8. The van der Waals surface area contributed by atoms with Gasteiger partial charge in [-0.3, -0.25) is 4.79 Å². The number of carbonyl (C=O) groups excluding carboxylic acids is 1. The molecule has 5 heteroatoms. The Morgan fingerprint density at radius 1 is 0.897 bits per heavy atom. The molecule has 150 valence electrons. The van der Waals surface area contributed by atoms with Gasteiger partial charge in [0.2, 0.25) is 0 Å². The molecule has 1 N–H and O–H groups in total. The summed E-state index contributed by atoms with van der Waals surface area (Å²) in [5, 5.41) is 2.89. The predicted molar refractivity (Wildman–Crippen MR) is 119 cm³/mol. The van der Waals surface area contributed by atoms with Crippen LogP contribution in [0.15, 0.2) is 83.8 Å². The summed E-state index contributed by atoms with van der Waals surface area (Å²) in [7, 11) is 0. The molecule has 0 heterocycles. The van der Waals surface area contributed by atoms with E-state index in [-0.39, 0.29) is 12.0 Å². The van der Waals surface area contributed by atoms with Crippen molar-refractivity contribution in [3.05, 3.63) is 84.4 Å². The van der Waals surface area contributed by atoms with E-state index in [9.17, 15) is 4.79 Å². The van der Waals surface area contributed by atoms with Crippen LogP contribution in [0.25, 0.3) is 0 Å². The molecule has 0 aliphatic rings. The largest absolute Gasteiger partial charge is 0.493 e. The number of anilines is 1. The molecule has 29 heavy (non-hydrogen) atoms. The first-order valence-corrected chi connectivity index (χ1v) is 10.6. The SMILES string of the molecule is CC(C)Oc1ccc(NC(=O)c2ccc(OCCSc3ccccc3)cc2)cc1. The average molecular weight is 408 g/mol. The van der Waals surface area contributed by atoms with Gasteiger partial charge in [0.1, 0.15) is 11.5 Å². The normalized spacial score (nSPS) is 10.6. The molecule has 0 bridgehead atoms. The molecule has 4 nitrogen and oxygen atoms in total. The van der Waals surface area contributed by atoms with E-state index in [1.54, 1.807) is 23.9 Å². The molecule has 0 saturated carbocycles. The van der Waals surface area contributed by atoms with E-state index in [1.165, 1.54) is 4.90 Å². The van der Waals surface area contributed by atoms with Crippen LogP contribution >= 0.6 is 11.8 Å². The molecule has 0 atom stereocenters. The lowest BCUT2D eigenvalue weighted by Gasteiger charge is -2.11. The maximum atomic E-state index is 12.4. The first-order valence-electron chi connectivity index (χ1n) is 9.59. The lowest BCUT2D eigenvalue weighted by atomic mass is 10.2. The van der Waals surface area contributed by atoms with E-state index in [2.05, 4.69) is 17.4 Å². The van der Waals surface area contributed by atoms with Crippen LogP contribution in [0.3, 0.4) is 0 Å². The Labute approximate surface area is 176 Å². The molecule has 0 aliphatic heterocycles. The predicted octanol–water partition coefficient (Wildman–Crippen LogP) is 5.90. The average Bonchev–Trinajstić information content (AvgIpc) is 2.73. The van der Waals surface area contributed by atoms with Crippen molar-refractivity contribution in [3.63, 3.8) is 0 Å². The number of benzene rings is 3. The topological polar surface area (TPSA) is 47.6 Å². The highest BCUT2D eigenvalue weighted by Gasteiger charge is 2.07. The van der Waals surface area contributed by atoms with E-state index >= 15 is 0 Å². The second-order valence-corrected chi connectivity index (χ2v) is 7.85. The van der Waals surface area contributed by atoms with Gasteiger partial charge in [-0.15, -0.1) is 11.8 Å². The molecule has 0 unspecified atom stereocenters. The van der Waals surface area contributed by atoms with Crippen molar-refractivity contribution in [3.8, 4) is 11.5 Å². The van der Waals surface area contributed by atoms with Crippen molar-refractivity contribution in [2.45, 2.75) is 24.8 Å². The molecule has 0 aromatic heterocycles. The van der Waals surface area contributed by atoms with Crippen LogP contribution < -0.4 is 14.8 Å². The number of thioether (sulfide) groups is 1. The van der Waals surface area contributed by atoms with Crippen LogP contribution in [0.2, 0.25) is 0 Å². The molecule has 3 aromatic carbocycles. The minimum atomic E-state index is -0.159. The van der Waals surface area contributed by atoms with Gasteiger partial charge >= 0.3 is 0 Å². The van der Waals surface area contributed by atoms with Crippen LogP contribution in [0.5, 0.6) is 11.5 Å². The Balaban J connectivity index is 1.45. The summed E-state index contributed by atoms with van der Waals surface area (Å²) in [6.07, 6.45) is 0.119. The molecule has 0 spiro atoms. The summed E-state index contributed by atoms with van der Waals surface area (Å²) < 4.78 is 11.4. The maximum Gasteiger partial charge on any atom is 0.255 e. The number of rotatable bonds is 9. The number of hydrogen-bond acceptors (Lipinski definition) is 4. The molecule has 0 saturated heterocycles. The van der Waals surface area contributed by atoms with Crippen LogP contribution in [0.4, 0.5) is 5.69 Å². The summed E-state index contributed by atoms with van der Waals surface area (Å²) in [6.45, 7) is 4.56. The third-order valence-electron chi connectivity index (χ3n) is 3.96. The van der Waals surface area contributed by atoms with Gasteiger partial charge in [0.05, 0.1) is 12.7 Å². The molecule has 0 fully saturated rings. The van der Waals surface area contributed by atoms with Gasteiger partial charge in [0, 0.05) is 21.9 Å². The third-order valence-corrected chi connectivity index (χ3v) is 4.94. The van der Waals surface area contributed by atoms with Gasteiger partial charge in [-0.25, -0.2) is 0 Å². The second kappa shape index (κ2) is 10.6. The summed E-state index contributed by atoms with van der Waals surface area (Å²) in [5.74, 6) is 2.24. The molecule has 3 aromatic rings. The van der Waals surface area contributed by atoms with Crippen molar-refractivity contribution >= 4 is 23.4 Å². The minimum absolute atomic E-state index is 0.119. The first-order chi connectivity index (χ1) is 14.1. The second-order valence-electron chi connectivity index (χ2n) is 6.68. The number of ether oxygens (including phenoxy) is 2. The van der Waals surface area contributed by atoms with Crippen molar-refractivity contribution in [2.24, 2.45) is 0 Å². The number of nitrogens with one attached hydrogen (secondary N) is 1. The molecule has 0 radical (unpaired) electrons. The van der Waals surface area contributed by atoms with E-state index < -0.39 is 0 Å². The number of amides is 1. The van der Waals surface area contributed by atoms with Crippen molar-refractivity contribution in [2.75, 3.05) is 17.7 Å². The molecule has 1 amide bonds. The Morgan fingerprint density at radius 3 is 2.21 bits per heavy atom. The van der Waals surface area contributed by atoms with Crippen molar-refractivity contribution in [1.29, 1.82) is 0 Å². The van der Waals surface area contributed by atoms with Crippen LogP contribution in [0.1, 0.15) is 24.2 Å². The molecular weight excluding hydrogens is 382 g/mol. The highest BCUT2D eigenvalue weighted by atomic mass is 32.2. The van der Waals surface area contributed by atoms with Gasteiger partial charge in [0.15, 0.2) is 0 Å². The maximum absolute atomic E-state index is 12.4. The zero-order valence-electron chi connectivity index (χ0n) is 16.6. The Bertz CT molecular complexity index is 894. The molecular formula is C24H25NO3S. The number of carbonyl (C=O) groups is 1. The standard InChI is InChI=1S/C24H25NO3S/c1-18(2)28-22-14-10-20(11-15-22)25-24(26)19-8-12-21(13-9-19)27-16-17-29-23-6-4-3-5-7-23/h3-15,18H,16-17H2,1-2H3,(H,25,26). The zero-order valence-corrected chi connectivity index (χ0v) is 17.4. The van der Waals surface area contributed by atoms with E-state index in [0.717, 1.165) is 22.9 Å². The number of hydrogen-bond donors (Lipinski definition) is 1. The lowest BCUT2D eigenvalue weighted by Crippen LogP contribution is -2.12. The third kappa shape index (κ3) is 6.88. The van der Waals surface area contributed by atoms with E-state index in [0.29, 0.717) is 12.2 Å². The van der Waals surface area contributed by atoms with Gasteiger partial charge < -0.3 is 14.8 Å². The summed E-state index contributed by atoms with van der Waals surface area (Å²) in [6, 6.07) is 24.8. The highest BCUT2D eigenvalue weighted by molar-refractivity contribution is 7.99. The van der Waals surface area contributed by atoms with Crippen molar-refractivity contribution in [1.82, 2.24) is 0 Å². The molecule has 3 rings (SSSR count). The smallest absolute Gasteiger partial charge is 0.255 e. The zero-order chi connectivity index (χ0) is 20.5. The van der Waals surface area contributed by atoms with Crippen LogP contribution in [-0.2, 0) is 0 Å². The lowest BCUT2D eigenvalue weighted by molar-refractivity contribution is 0.102. The quantitative estimate of drug-likeness (QED) is 0.354. The highest BCUT2D eigenvalue weighted by Crippen LogP contribution is 2.20. The Kier molecular flexibility index (Phi) is 7.59. The van der Waals surface area contributed by atoms with E-state index in [1.807, 2.05) is 68.4 Å². The molecule has 0 aliphatic carbocycles. The minimum Gasteiger partial charge on any atom is -0.493 e. The van der Waals surface area contributed by atoms with Gasteiger partial charge in [-0.2, -0.15) is 0 Å². The fraction of sp³-hybridized carbons (Fsp3) is 0.208. The fourth-order valence-corrected chi connectivity index (χ4v) is 3.38. The monoisotopic (exact) mass is 407 g/mol. The Hall–Kier alpha value is -2.92. The Morgan fingerprint density at radius 2 is 1.55 bits per heavy atom. The van der Waals surface area contributed by atoms with E-state index in [4.69, 9.17) is 9.47 Å². The van der Waals surface area contributed by atoms with Crippen LogP contribution in [0, 0.1) is 0 Å². The van der Waals surface area contributed by atoms with Gasteiger partial charge in [0.25, 0.3) is 5.91 Å². The van der Waals surface area contributed by atoms with Gasteiger partial charge in [-0.05, 0) is 74.5 Å². The summed E-state index contributed by atoms with van der Waals surface area (Å²) in [4.78, 5) is 13.6. The van der Waals surface area contributed by atoms with Crippen molar-refractivity contribution < 1.29 is 14.3 Å².